The van der Waals surface area contributed by atoms with E-state index in [9.17, 15) is 18.0 Å². The number of nitrogens with zero attached hydrogens (tertiary/aromatic N) is 1. The number of Topliss-reactive ketones (excluding diaryl/α,β-unsaturated/α-hetero) is 1. The number of aromatic nitrogens is 1. The van der Waals surface area contributed by atoms with E-state index in [0.717, 1.165) is 16.6 Å². The van der Waals surface area contributed by atoms with Gasteiger partial charge in [0.2, 0.25) is 0 Å². The molecule has 0 aliphatic carbocycles. The number of pyridine rings is 1. The third kappa shape index (κ3) is 3.66. The fourth-order valence-corrected chi connectivity index (χ4v) is 1.88. The summed E-state index contributed by atoms with van der Waals surface area (Å²) in [6.45, 7) is 0. The largest absolute Gasteiger partial charge is 0.416 e. The Balaban J connectivity index is 2.19. The first-order valence-electron chi connectivity index (χ1n) is 5.67. The van der Waals surface area contributed by atoms with Crippen molar-refractivity contribution in [2.24, 2.45) is 0 Å². The predicted molar refractivity (Wildman–Crippen MR) is 71.4 cm³/mol. The number of hydrogen-bond acceptors (Lipinski definition) is 2. The Morgan fingerprint density at radius 2 is 1.95 bits per heavy atom. The lowest BCUT2D eigenvalue weighted by Gasteiger charge is -2.08. The molecule has 0 saturated heterocycles. The monoisotopic (exact) mass is 343 g/mol. The van der Waals surface area contributed by atoms with E-state index in [2.05, 4.69) is 20.9 Å². The Kier molecular flexibility index (Phi) is 4.23. The van der Waals surface area contributed by atoms with Crippen molar-refractivity contribution in [1.82, 2.24) is 4.98 Å². The first-order valence-corrected chi connectivity index (χ1v) is 6.46. The summed E-state index contributed by atoms with van der Waals surface area (Å²) in [6, 6.07) is 7.77. The molecule has 1 aromatic carbocycles. The molecule has 0 aliphatic rings. The molecule has 20 heavy (non-hydrogen) atoms. The Bertz CT molecular complexity index is 623. The minimum absolute atomic E-state index is 0.0320. The molecule has 2 aromatic rings. The van der Waals surface area contributed by atoms with E-state index >= 15 is 0 Å². The van der Waals surface area contributed by atoms with Crippen LogP contribution in [0.4, 0.5) is 13.2 Å². The van der Waals surface area contributed by atoms with Gasteiger partial charge in [-0.05, 0) is 40.2 Å². The summed E-state index contributed by atoms with van der Waals surface area (Å²) < 4.78 is 38.5. The minimum Gasteiger partial charge on any atom is -0.294 e. The average molecular weight is 344 g/mol. The fourth-order valence-electron chi connectivity index (χ4n) is 1.65. The highest BCUT2D eigenvalue weighted by molar-refractivity contribution is 9.10. The molecule has 2 rings (SSSR count). The molecule has 0 N–H and O–H groups in total. The van der Waals surface area contributed by atoms with Crippen LogP contribution in [0.3, 0.4) is 0 Å². The smallest absolute Gasteiger partial charge is 0.294 e. The molecule has 0 saturated carbocycles. The normalized spacial score (nSPS) is 11.4. The van der Waals surface area contributed by atoms with Gasteiger partial charge in [0.1, 0.15) is 0 Å². The number of halogens is 4. The van der Waals surface area contributed by atoms with E-state index in [0.29, 0.717) is 5.69 Å². The molecule has 0 spiro atoms. The van der Waals surface area contributed by atoms with Gasteiger partial charge < -0.3 is 0 Å². The fraction of sp³-hybridized carbons (Fsp3) is 0.143. The summed E-state index contributed by atoms with van der Waals surface area (Å²) in [5.41, 5.74) is -0.285. The SMILES string of the molecule is O=C(Cc1ccc(Br)cn1)c1cccc(C(F)(F)F)c1. The number of carbonyl (C=O) groups excluding carboxylic acids is 1. The number of hydrogen-bond donors (Lipinski definition) is 0. The maximum atomic E-state index is 12.6. The summed E-state index contributed by atoms with van der Waals surface area (Å²) >= 11 is 3.22. The molecule has 0 bridgehead atoms. The molecule has 0 atom stereocenters. The summed E-state index contributed by atoms with van der Waals surface area (Å²) in [6.07, 6.45) is -2.95. The zero-order valence-corrected chi connectivity index (χ0v) is 11.7. The second-order valence-corrected chi connectivity index (χ2v) is 5.06. The summed E-state index contributed by atoms with van der Waals surface area (Å²) in [7, 11) is 0. The molecule has 0 unspecified atom stereocenters. The first-order chi connectivity index (χ1) is 9.36. The Hall–Kier alpha value is -1.69. The summed E-state index contributed by atoms with van der Waals surface area (Å²) in [4.78, 5) is 16.0. The van der Waals surface area contributed by atoms with Gasteiger partial charge in [-0.15, -0.1) is 0 Å². The summed E-state index contributed by atoms with van der Waals surface area (Å²) in [5.74, 6) is -0.397. The molecule has 1 heterocycles. The van der Waals surface area contributed by atoms with Gasteiger partial charge >= 0.3 is 6.18 Å². The van der Waals surface area contributed by atoms with Crippen molar-refractivity contribution in [3.63, 3.8) is 0 Å². The number of alkyl halides is 3. The second-order valence-electron chi connectivity index (χ2n) is 4.15. The van der Waals surface area contributed by atoms with E-state index < -0.39 is 17.5 Å². The van der Waals surface area contributed by atoms with Crippen LogP contribution in [-0.4, -0.2) is 10.8 Å². The van der Waals surface area contributed by atoms with Gasteiger partial charge in [-0.25, -0.2) is 0 Å². The lowest BCUT2D eigenvalue weighted by Crippen LogP contribution is -2.09. The first kappa shape index (κ1) is 14.7. The van der Waals surface area contributed by atoms with E-state index in [-0.39, 0.29) is 12.0 Å². The lowest BCUT2D eigenvalue weighted by molar-refractivity contribution is -0.137. The van der Waals surface area contributed by atoms with Crippen LogP contribution in [0.15, 0.2) is 47.1 Å². The molecule has 2 nitrogen and oxygen atoms in total. The van der Waals surface area contributed by atoms with Gasteiger partial charge in [0.25, 0.3) is 0 Å². The Morgan fingerprint density at radius 1 is 1.20 bits per heavy atom. The molecule has 6 heteroatoms. The Labute approximate surface area is 121 Å². The van der Waals surface area contributed by atoms with Gasteiger partial charge in [-0.2, -0.15) is 13.2 Å². The quantitative estimate of drug-likeness (QED) is 0.778. The van der Waals surface area contributed by atoms with Gasteiger partial charge in [0, 0.05) is 21.9 Å². The van der Waals surface area contributed by atoms with Gasteiger partial charge in [0.15, 0.2) is 5.78 Å². The minimum atomic E-state index is -4.45. The molecular formula is C14H9BrF3NO. The van der Waals surface area contributed by atoms with Gasteiger partial charge in [-0.1, -0.05) is 12.1 Å². The number of rotatable bonds is 3. The molecule has 104 valence electrons. The van der Waals surface area contributed by atoms with Crippen molar-refractivity contribution >= 4 is 21.7 Å². The molecule has 0 radical (unpaired) electrons. The predicted octanol–water partition coefficient (Wildman–Crippen LogP) is 4.29. The van der Waals surface area contributed by atoms with Crippen LogP contribution in [0.1, 0.15) is 21.6 Å². The zero-order chi connectivity index (χ0) is 14.8. The second kappa shape index (κ2) is 5.75. The van der Waals surface area contributed by atoms with Crippen LogP contribution >= 0.6 is 15.9 Å². The van der Waals surface area contributed by atoms with Crippen LogP contribution in [0.2, 0.25) is 0 Å². The lowest BCUT2D eigenvalue weighted by atomic mass is 10.0. The molecule has 0 aliphatic heterocycles. The Morgan fingerprint density at radius 3 is 2.55 bits per heavy atom. The van der Waals surface area contributed by atoms with Crippen LogP contribution in [0.5, 0.6) is 0 Å². The standard InChI is InChI=1S/C14H9BrF3NO/c15-11-4-5-12(19-8-11)7-13(20)9-2-1-3-10(6-9)14(16,17)18/h1-6,8H,7H2. The summed E-state index contributed by atoms with van der Waals surface area (Å²) in [5, 5.41) is 0. The van der Waals surface area contributed by atoms with Crippen LogP contribution in [0, 0.1) is 0 Å². The number of ketones is 1. The molecule has 0 amide bonds. The topological polar surface area (TPSA) is 30.0 Å². The van der Waals surface area contributed by atoms with E-state index in [4.69, 9.17) is 0 Å². The van der Waals surface area contributed by atoms with Crippen molar-refractivity contribution in [3.8, 4) is 0 Å². The third-order valence-electron chi connectivity index (χ3n) is 2.64. The van der Waals surface area contributed by atoms with Crippen molar-refractivity contribution in [2.75, 3.05) is 0 Å². The van der Waals surface area contributed by atoms with E-state index in [1.54, 1.807) is 12.1 Å². The van der Waals surface area contributed by atoms with Crippen LogP contribution < -0.4 is 0 Å². The van der Waals surface area contributed by atoms with E-state index in [1.807, 2.05) is 0 Å². The van der Waals surface area contributed by atoms with Crippen molar-refractivity contribution in [2.45, 2.75) is 12.6 Å². The zero-order valence-electron chi connectivity index (χ0n) is 10.1. The highest BCUT2D eigenvalue weighted by Gasteiger charge is 2.30. The maximum Gasteiger partial charge on any atom is 0.416 e. The average Bonchev–Trinajstić information content (AvgIpc) is 2.40. The highest BCUT2D eigenvalue weighted by Crippen LogP contribution is 2.29. The van der Waals surface area contributed by atoms with Crippen molar-refractivity contribution in [1.29, 1.82) is 0 Å². The van der Waals surface area contributed by atoms with Gasteiger partial charge in [-0.3, -0.25) is 9.78 Å². The number of benzene rings is 1. The molecule has 0 fully saturated rings. The van der Waals surface area contributed by atoms with Crippen LogP contribution in [0.25, 0.3) is 0 Å². The highest BCUT2D eigenvalue weighted by atomic mass is 79.9. The molecular weight excluding hydrogens is 335 g/mol. The van der Waals surface area contributed by atoms with Crippen LogP contribution in [-0.2, 0) is 12.6 Å². The van der Waals surface area contributed by atoms with Gasteiger partial charge in [0.05, 0.1) is 12.0 Å². The van der Waals surface area contributed by atoms with Crippen molar-refractivity contribution in [3.05, 3.63) is 63.9 Å². The molecule has 1 aromatic heterocycles. The third-order valence-corrected chi connectivity index (χ3v) is 3.11. The van der Waals surface area contributed by atoms with Crippen molar-refractivity contribution < 1.29 is 18.0 Å². The number of carbonyl (C=O) groups is 1. The van der Waals surface area contributed by atoms with E-state index in [1.165, 1.54) is 18.3 Å². The maximum absolute atomic E-state index is 12.6.